The lowest BCUT2D eigenvalue weighted by molar-refractivity contribution is 0.227. The van der Waals surface area contributed by atoms with E-state index in [1.807, 2.05) is 12.1 Å². The van der Waals surface area contributed by atoms with E-state index in [9.17, 15) is 0 Å². The number of hydrogen-bond donors (Lipinski definition) is 2. The predicted molar refractivity (Wildman–Crippen MR) is 73.4 cm³/mol. The van der Waals surface area contributed by atoms with Crippen LogP contribution in [0.3, 0.4) is 0 Å². The predicted octanol–water partition coefficient (Wildman–Crippen LogP) is 3.40. The summed E-state index contributed by atoms with van der Waals surface area (Å²) in [5.41, 5.74) is 1.25. The molecule has 0 radical (unpaired) electrons. The van der Waals surface area contributed by atoms with E-state index < -0.39 is 0 Å². The van der Waals surface area contributed by atoms with E-state index >= 15 is 0 Å². The van der Waals surface area contributed by atoms with Gasteiger partial charge >= 0.3 is 0 Å². The van der Waals surface area contributed by atoms with E-state index in [-0.39, 0.29) is 6.61 Å². The monoisotopic (exact) mass is 255 g/mol. The Hall–Kier alpha value is -0.570. The van der Waals surface area contributed by atoms with Crippen LogP contribution >= 0.6 is 11.6 Å². The van der Waals surface area contributed by atoms with Gasteiger partial charge in [-0.25, -0.2) is 0 Å². The smallest absolute Gasteiger partial charge is 0.0456 e. The van der Waals surface area contributed by atoms with Crippen LogP contribution in [0, 0.1) is 5.92 Å². The first-order chi connectivity index (χ1) is 8.13. The fourth-order valence-corrected chi connectivity index (χ4v) is 1.86. The third-order valence-electron chi connectivity index (χ3n) is 3.01. The molecule has 2 nitrogen and oxygen atoms in total. The van der Waals surface area contributed by atoms with E-state index in [0.717, 1.165) is 24.4 Å². The lowest BCUT2D eigenvalue weighted by Gasteiger charge is -2.15. The van der Waals surface area contributed by atoms with Gasteiger partial charge in [-0.05, 0) is 49.9 Å². The molecule has 0 bridgehead atoms. The van der Waals surface area contributed by atoms with Crippen molar-refractivity contribution in [1.82, 2.24) is 5.32 Å². The third-order valence-corrected chi connectivity index (χ3v) is 3.26. The maximum absolute atomic E-state index is 8.91. The van der Waals surface area contributed by atoms with Crippen molar-refractivity contribution in [3.05, 3.63) is 34.9 Å². The molecule has 0 aromatic heterocycles. The van der Waals surface area contributed by atoms with E-state index in [0.29, 0.717) is 12.0 Å². The van der Waals surface area contributed by atoms with Crippen LogP contribution in [0.15, 0.2) is 24.3 Å². The normalized spacial score (nSPS) is 14.6. The molecule has 2 N–H and O–H groups in total. The average Bonchev–Trinajstić information content (AvgIpc) is 2.34. The summed E-state index contributed by atoms with van der Waals surface area (Å²) in [6, 6.07) is 8.29. The number of aliphatic hydroxyl groups is 1. The second kappa shape index (κ2) is 7.70. The molecule has 0 aliphatic heterocycles. The van der Waals surface area contributed by atoms with Crippen molar-refractivity contribution in [2.75, 3.05) is 13.2 Å². The number of rotatable bonds is 7. The van der Waals surface area contributed by atoms with Crippen LogP contribution in [-0.4, -0.2) is 18.3 Å². The summed E-state index contributed by atoms with van der Waals surface area (Å²) >= 11 is 5.85. The van der Waals surface area contributed by atoms with Crippen molar-refractivity contribution in [2.45, 2.75) is 32.7 Å². The first kappa shape index (κ1) is 14.5. The van der Waals surface area contributed by atoms with Crippen LogP contribution in [0.4, 0.5) is 0 Å². The number of nitrogens with one attached hydrogen (secondary N) is 1. The van der Waals surface area contributed by atoms with Gasteiger partial charge in [0.15, 0.2) is 0 Å². The molecule has 2 unspecified atom stereocenters. The number of hydrogen-bond acceptors (Lipinski definition) is 2. The Kier molecular flexibility index (Phi) is 6.56. The van der Waals surface area contributed by atoms with Crippen LogP contribution < -0.4 is 5.32 Å². The Balaban J connectivity index is 2.25. The fourth-order valence-electron chi connectivity index (χ4n) is 1.73. The number of benzene rings is 1. The van der Waals surface area contributed by atoms with Gasteiger partial charge in [-0.1, -0.05) is 30.7 Å². The molecule has 0 saturated heterocycles. The Morgan fingerprint density at radius 1 is 1.24 bits per heavy atom. The third kappa shape index (κ3) is 5.53. The zero-order valence-corrected chi connectivity index (χ0v) is 11.4. The Morgan fingerprint density at radius 2 is 1.88 bits per heavy atom. The van der Waals surface area contributed by atoms with Crippen LogP contribution in [-0.2, 0) is 0 Å². The highest BCUT2D eigenvalue weighted by Gasteiger charge is 2.04. The molecule has 17 heavy (non-hydrogen) atoms. The molecule has 1 aromatic carbocycles. The summed E-state index contributed by atoms with van der Waals surface area (Å²) in [6.07, 6.45) is 2.16. The van der Waals surface area contributed by atoms with Crippen molar-refractivity contribution in [3.8, 4) is 0 Å². The maximum Gasteiger partial charge on any atom is 0.0456 e. The van der Waals surface area contributed by atoms with Crippen molar-refractivity contribution >= 4 is 11.6 Å². The van der Waals surface area contributed by atoms with Crippen LogP contribution in [0.1, 0.15) is 38.3 Å². The molecule has 0 spiro atoms. The molecule has 1 aromatic rings. The summed E-state index contributed by atoms with van der Waals surface area (Å²) in [5, 5.41) is 13.2. The van der Waals surface area contributed by atoms with E-state index in [1.54, 1.807) is 0 Å². The minimum absolute atomic E-state index is 0.284. The Bertz CT molecular complexity index is 313. The molecule has 96 valence electrons. The molecule has 0 saturated carbocycles. The van der Waals surface area contributed by atoms with Crippen LogP contribution in [0.25, 0.3) is 0 Å². The average molecular weight is 256 g/mol. The molecule has 3 heteroatoms. The largest absolute Gasteiger partial charge is 0.396 e. The molecule has 0 heterocycles. The van der Waals surface area contributed by atoms with Gasteiger partial charge in [0.2, 0.25) is 0 Å². The summed E-state index contributed by atoms with van der Waals surface area (Å²) in [4.78, 5) is 0. The Labute approximate surface area is 109 Å². The Morgan fingerprint density at radius 3 is 2.47 bits per heavy atom. The zero-order chi connectivity index (χ0) is 12.7. The van der Waals surface area contributed by atoms with Crippen molar-refractivity contribution in [2.24, 2.45) is 5.92 Å². The molecule has 1 rings (SSSR count). The van der Waals surface area contributed by atoms with Crippen molar-refractivity contribution < 1.29 is 5.11 Å². The molecular formula is C14H22ClNO. The standard InChI is InChI=1S/C14H22ClNO/c1-11(10-17)4-3-9-16-12(2)13-5-7-14(15)8-6-13/h5-8,11-12,16-17H,3-4,9-10H2,1-2H3. The second-order valence-corrected chi connectivity index (χ2v) is 5.09. The summed E-state index contributed by atoms with van der Waals surface area (Å²) in [6.45, 7) is 5.49. The minimum Gasteiger partial charge on any atom is -0.396 e. The van der Waals surface area contributed by atoms with Gasteiger partial charge in [0.25, 0.3) is 0 Å². The molecule has 0 amide bonds. The summed E-state index contributed by atoms with van der Waals surface area (Å²) < 4.78 is 0. The number of aliphatic hydroxyl groups excluding tert-OH is 1. The van der Waals surface area contributed by atoms with Gasteiger partial charge in [-0.15, -0.1) is 0 Å². The van der Waals surface area contributed by atoms with Crippen molar-refractivity contribution in [3.63, 3.8) is 0 Å². The van der Waals surface area contributed by atoms with E-state index in [4.69, 9.17) is 16.7 Å². The van der Waals surface area contributed by atoms with Gasteiger partial charge in [0.1, 0.15) is 0 Å². The topological polar surface area (TPSA) is 32.3 Å². The minimum atomic E-state index is 0.284. The quantitative estimate of drug-likeness (QED) is 0.732. The van der Waals surface area contributed by atoms with Crippen LogP contribution in [0.5, 0.6) is 0 Å². The summed E-state index contributed by atoms with van der Waals surface area (Å²) in [7, 11) is 0. The van der Waals surface area contributed by atoms with Crippen LogP contribution in [0.2, 0.25) is 5.02 Å². The van der Waals surface area contributed by atoms with Gasteiger partial charge in [-0.3, -0.25) is 0 Å². The molecule has 0 aliphatic carbocycles. The highest BCUT2D eigenvalue weighted by molar-refractivity contribution is 6.30. The highest BCUT2D eigenvalue weighted by atomic mass is 35.5. The molecular weight excluding hydrogens is 234 g/mol. The zero-order valence-electron chi connectivity index (χ0n) is 10.6. The van der Waals surface area contributed by atoms with E-state index in [1.165, 1.54) is 5.56 Å². The molecule has 0 fully saturated rings. The first-order valence-electron chi connectivity index (χ1n) is 6.23. The van der Waals surface area contributed by atoms with Gasteiger partial charge in [-0.2, -0.15) is 0 Å². The van der Waals surface area contributed by atoms with E-state index in [2.05, 4.69) is 31.3 Å². The first-order valence-corrected chi connectivity index (χ1v) is 6.61. The second-order valence-electron chi connectivity index (χ2n) is 4.66. The number of halogens is 1. The lowest BCUT2D eigenvalue weighted by Crippen LogP contribution is -2.20. The summed E-state index contributed by atoms with van der Waals surface area (Å²) in [5.74, 6) is 0.405. The highest BCUT2D eigenvalue weighted by Crippen LogP contribution is 2.16. The SMILES string of the molecule is CC(CO)CCCNC(C)c1ccc(Cl)cc1. The molecule has 0 aliphatic rings. The lowest BCUT2D eigenvalue weighted by atomic mass is 10.1. The van der Waals surface area contributed by atoms with Gasteiger partial charge < -0.3 is 10.4 Å². The van der Waals surface area contributed by atoms with Gasteiger partial charge in [0, 0.05) is 17.7 Å². The molecule has 2 atom stereocenters. The van der Waals surface area contributed by atoms with Crippen molar-refractivity contribution in [1.29, 1.82) is 0 Å². The maximum atomic E-state index is 8.91. The fraction of sp³-hybridized carbons (Fsp3) is 0.571. The van der Waals surface area contributed by atoms with Gasteiger partial charge in [0.05, 0.1) is 0 Å².